The van der Waals surface area contributed by atoms with Crippen molar-refractivity contribution in [3.63, 3.8) is 0 Å². The maximum atomic E-state index is 9.15. The molecule has 0 unspecified atom stereocenters. The molecule has 1 nitrogen and oxygen atoms in total. The fraction of sp³-hybridized carbons (Fsp3) is 0.455. The molecule has 0 aliphatic carbocycles. The number of rotatable bonds is 1. The molecule has 1 aromatic rings. The first kappa shape index (κ1) is 10.6. The Labute approximate surface area is 84.4 Å². The predicted molar refractivity (Wildman–Crippen MR) is 56.1 cm³/mol. The first-order valence-corrected chi connectivity index (χ1v) is 4.72. The summed E-state index contributed by atoms with van der Waals surface area (Å²) in [6.45, 7) is 6.41. The number of halogens is 1. The summed E-state index contributed by atoms with van der Waals surface area (Å²) < 4.78 is 0. The van der Waals surface area contributed by atoms with Crippen LogP contribution in [0.3, 0.4) is 0 Å². The Hall–Kier alpha value is -0.530. The fourth-order valence-electron chi connectivity index (χ4n) is 1.42. The molecule has 13 heavy (non-hydrogen) atoms. The van der Waals surface area contributed by atoms with E-state index in [1.54, 1.807) is 0 Å². The van der Waals surface area contributed by atoms with Gasteiger partial charge in [0.15, 0.2) is 0 Å². The van der Waals surface area contributed by atoms with Crippen molar-refractivity contribution in [3.8, 4) is 0 Å². The third kappa shape index (κ3) is 2.45. The Morgan fingerprint density at radius 3 is 2.38 bits per heavy atom. The summed E-state index contributed by atoms with van der Waals surface area (Å²) >= 11 is 5.83. The van der Waals surface area contributed by atoms with Crippen LogP contribution in [0.2, 0.25) is 5.02 Å². The highest BCUT2D eigenvalue weighted by Crippen LogP contribution is 2.27. The van der Waals surface area contributed by atoms with Gasteiger partial charge in [-0.2, -0.15) is 0 Å². The second-order valence-electron chi connectivity index (χ2n) is 4.21. The molecule has 0 aromatic heterocycles. The normalized spacial score (nSPS) is 11.8. The Balaban J connectivity index is 3.22. The molecular formula is C11H15ClO. The predicted octanol–water partition coefficient (Wildman–Crippen LogP) is 3.13. The Kier molecular flexibility index (Phi) is 2.99. The summed E-state index contributed by atoms with van der Waals surface area (Å²) in [6, 6.07) is 5.66. The minimum Gasteiger partial charge on any atom is -0.392 e. The molecule has 0 aliphatic rings. The number of aliphatic hydroxyl groups excluding tert-OH is 1. The van der Waals surface area contributed by atoms with Crippen molar-refractivity contribution in [3.05, 3.63) is 34.3 Å². The van der Waals surface area contributed by atoms with Gasteiger partial charge in [0.25, 0.3) is 0 Å². The second kappa shape index (κ2) is 3.69. The fourth-order valence-corrected chi connectivity index (χ4v) is 1.62. The first-order valence-electron chi connectivity index (χ1n) is 4.35. The van der Waals surface area contributed by atoms with E-state index in [1.165, 1.54) is 0 Å². The molecule has 0 saturated carbocycles. The summed E-state index contributed by atoms with van der Waals surface area (Å²) in [4.78, 5) is 0. The van der Waals surface area contributed by atoms with Crippen molar-refractivity contribution >= 4 is 11.6 Å². The highest BCUT2D eigenvalue weighted by atomic mass is 35.5. The average molecular weight is 199 g/mol. The second-order valence-corrected chi connectivity index (χ2v) is 4.65. The molecule has 0 radical (unpaired) electrons. The van der Waals surface area contributed by atoms with Crippen LogP contribution in [0.25, 0.3) is 0 Å². The number of benzene rings is 1. The molecule has 0 aliphatic heterocycles. The van der Waals surface area contributed by atoms with E-state index in [1.807, 2.05) is 18.2 Å². The van der Waals surface area contributed by atoms with Gasteiger partial charge < -0.3 is 5.11 Å². The van der Waals surface area contributed by atoms with Crippen LogP contribution in [0.4, 0.5) is 0 Å². The van der Waals surface area contributed by atoms with Gasteiger partial charge in [0.1, 0.15) is 0 Å². The van der Waals surface area contributed by atoms with E-state index in [4.69, 9.17) is 16.7 Å². The van der Waals surface area contributed by atoms with Gasteiger partial charge in [0.05, 0.1) is 6.61 Å². The van der Waals surface area contributed by atoms with Gasteiger partial charge in [-0.05, 0) is 28.7 Å². The average Bonchev–Trinajstić information content (AvgIpc) is 2.01. The van der Waals surface area contributed by atoms with Crippen molar-refractivity contribution in [1.29, 1.82) is 0 Å². The Bertz CT molecular complexity index is 299. The van der Waals surface area contributed by atoms with Crippen molar-refractivity contribution in [1.82, 2.24) is 0 Å². The topological polar surface area (TPSA) is 20.2 Å². The summed E-state index contributed by atoms with van der Waals surface area (Å²) in [7, 11) is 0. The van der Waals surface area contributed by atoms with E-state index in [2.05, 4.69) is 20.8 Å². The molecule has 0 amide bonds. The van der Waals surface area contributed by atoms with Gasteiger partial charge in [0, 0.05) is 5.02 Å². The van der Waals surface area contributed by atoms with Crippen LogP contribution in [0.5, 0.6) is 0 Å². The Morgan fingerprint density at radius 1 is 1.31 bits per heavy atom. The molecule has 0 heterocycles. The number of aliphatic hydroxyl groups is 1. The highest BCUT2D eigenvalue weighted by molar-refractivity contribution is 6.30. The quantitative estimate of drug-likeness (QED) is 0.735. The molecular weight excluding hydrogens is 184 g/mol. The van der Waals surface area contributed by atoms with Gasteiger partial charge in [0.2, 0.25) is 0 Å². The molecule has 0 spiro atoms. The molecule has 0 saturated heterocycles. The number of hydrogen-bond acceptors (Lipinski definition) is 1. The van der Waals surface area contributed by atoms with Crippen molar-refractivity contribution in [2.75, 3.05) is 0 Å². The van der Waals surface area contributed by atoms with E-state index in [-0.39, 0.29) is 12.0 Å². The lowest BCUT2D eigenvalue weighted by Crippen LogP contribution is -2.14. The highest BCUT2D eigenvalue weighted by Gasteiger charge is 2.17. The van der Waals surface area contributed by atoms with Crippen LogP contribution in [0, 0.1) is 0 Å². The van der Waals surface area contributed by atoms with E-state index in [9.17, 15) is 0 Å². The van der Waals surface area contributed by atoms with Crippen molar-refractivity contribution in [2.24, 2.45) is 0 Å². The molecule has 0 atom stereocenters. The van der Waals surface area contributed by atoms with Gasteiger partial charge in [-0.1, -0.05) is 38.4 Å². The van der Waals surface area contributed by atoms with Crippen LogP contribution >= 0.6 is 11.6 Å². The lowest BCUT2D eigenvalue weighted by Gasteiger charge is -2.22. The smallest absolute Gasteiger partial charge is 0.0685 e. The maximum absolute atomic E-state index is 9.15. The largest absolute Gasteiger partial charge is 0.392 e. The zero-order valence-electron chi connectivity index (χ0n) is 8.26. The lowest BCUT2D eigenvalue weighted by molar-refractivity contribution is 0.278. The number of hydrogen-bond donors (Lipinski definition) is 1. The SMILES string of the molecule is CC(C)(C)c1ccc(Cl)cc1CO. The first-order chi connectivity index (χ1) is 5.95. The van der Waals surface area contributed by atoms with Crippen LogP contribution in [-0.4, -0.2) is 5.11 Å². The maximum Gasteiger partial charge on any atom is 0.0685 e. The molecule has 0 fully saturated rings. The standard InChI is InChI=1S/C11H15ClO/c1-11(2,3)10-5-4-9(12)6-8(10)7-13/h4-6,13H,7H2,1-3H3. The van der Waals surface area contributed by atoms with E-state index < -0.39 is 0 Å². The Morgan fingerprint density at radius 2 is 1.92 bits per heavy atom. The van der Waals surface area contributed by atoms with Crippen LogP contribution < -0.4 is 0 Å². The third-order valence-corrected chi connectivity index (χ3v) is 2.28. The molecule has 0 bridgehead atoms. The zero-order chi connectivity index (χ0) is 10.1. The summed E-state index contributed by atoms with van der Waals surface area (Å²) in [5.41, 5.74) is 2.13. The third-order valence-electron chi connectivity index (χ3n) is 2.05. The van der Waals surface area contributed by atoms with Crippen LogP contribution in [-0.2, 0) is 12.0 Å². The molecule has 1 N–H and O–H groups in total. The molecule has 1 rings (SSSR count). The summed E-state index contributed by atoms with van der Waals surface area (Å²) in [5, 5.41) is 9.83. The monoisotopic (exact) mass is 198 g/mol. The molecule has 72 valence electrons. The van der Waals surface area contributed by atoms with Crippen LogP contribution in [0.15, 0.2) is 18.2 Å². The lowest BCUT2D eigenvalue weighted by atomic mass is 9.84. The van der Waals surface area contributed by atoms with Gasteiger partial charge in [-0.3, -0.25) is 0 Å². The van der Waals surface area contributed by atoms with Crippen molar-refractivity contribution < 1.29 is 5.11 Å². The van der Waals surface area contributed by atoms with Crippen LogP contribution in [0.1, 0.15) is 31.9 Å². The minimum absolute atomic E-state index is 0.0488. The zero-order valence-corrected chi connectivity index (χ0v) is 9.02. The van der Waals surface area contributed by atoms with Gasteiger partial charge >= 0.3 is 0 Å². The van der Waals surface area contributed by atoms with Crippen molar-refractivity contribution in [2.45, 2.75) is 32.8 Å². The van der Waals surface area contributed by atoms with Gasteiger partial charge in [-0.15, -0.1) is 0 Å². The summed E-state index contributed by atoms with van der Waals surface area (Å²) in [5.74, 6) is 0. The van der Waals surface area contributed by atoms with E-state index in [0.717, 1.165) is 11.1 Å². The minimum atomic E-state index is 0.0488. The summed E-state index contributed by atoms with van der Waals surface area (Å²) in [6.07, 6.45) is 0. The molecule has 2 heteroatoms. The van der Waals surface area contributed by atoms with Gasteiger partial charge in [-0.25, -0.2) is 0 Å². The molecule has 1 aromatic carbocycles. The van der Waals surface area contributed by atoms with E-state index in [0.29, 0.717) is 5.02 Å². The van der Waals surface area contributed by atoms with E-state index >= 15 is 0 Å².